The fraction of sp³-hybridized carbons (Fsp3) is 0.548. The van der Waals surface area contributed by atoms with Crippen LogP contribution in [-0.2, 0) is 28.8 Å². The van der Waals surface area contributed by atoms with Gasteiger partial charge >= 0.3 is 5.97 Å². The van der Waals surface area contributed by atoms with E-state index in [2.05, 4.69) is 40.2 Å². The van der Waals surface area contributed by atoms with Gasteiger partial charge in [0.15, 0.2) is 5.82 Å². The summed E-state index contributed by atoms with van der Waals surface area (Å²) in [5, 5.41) is 15.8. The lowest BCUT2D eigenvalue weighted by atomic mass is 9.76. The van der Waals surface area contributed by atoms with Gasteiger partial charge in [-0.1, -0.05) is 31.9 Å². The van der Waals surface area contributed by atoms with E-state index < -0.39 is 11.6 Å². The predicted molar refractivity (Wildman–Crippen MR) is 149 cm³/mol. The molecule has 2 aliphatic rings. The van der Waals surface area contributed by atoms with Gasteiger partial charge in [0.1, 0.15) is 17.1 Å². The first-order valence-corrected chi connectivity index (χ1v) is 14.3. The maximum absolute atomic E-state index is 13.4. The third kappa shape index (κ3) is 5.65. The summed E-state index contributed by atoms with van der Waals surface area (Å²) in [4.78, 5) is 22.4. The second kappa shape index (κ2) is 11.0. The number of esters is 1. The summed E-state index contributed by atoms with van der Waals surface area (Å²) >= 11 is 0. The number of aromatic nitrogens is 4. The summed E-state index contributed by atoms with van der Waals surface area (Å²) in [5.74, 6) is 1.75. The maximum Gasteiger partial charge on any atom is 0.338 e. The summed E-state index contributed by atoms with van der Waals surface area (Å²) in [7, 11) is 0. The molecule has 1 aliphatic carbocycles. The van der Waals surface area contributed by atoms with Gasteiger partial charge in [0.25, 0.3) is 5.78 Å². The molecule has 0 bridgehead atoms. The van der Waals surface area contributed by atoms with E-state index in [0.29, 0.717) is 24.4 Å². The fourth-order valence-electron chi connectivity index (χ4n) is 6.22. The fourth-order valence-corrected chi connectivity index (χ4v) is 6.22. The molecule has 1 atom stereocenters. The van der Waals surface area contributed by atoms with Crippen molar-refractivity contribution in [2.24, 2.45) is 5.92 Å². The van der Waals surface area contributed by atoms with Crippen molar-refractivity contribution in [1.29, 1.82) is 0 Å². The Balaban J connectivity index is 1.38. The smallest absolute Gasteiger partial charge is 0.338 e. The first-order chi connectivity index (χ1) is 18.7. The van der Waals surface area contributed by atoms with Gasteiger partial charge in [0.2, 0.25) is 0 Å². The quantitative estimate of drug-likeness (QED) is 0.340. The normalized spacial score (nSPS) is 20.3. The van der Waals surface area contributed by atoms with E-state index in [-0.39, 0.29) is 29.8 Å². The molecule has 1 unspecified atom stereocenters. The SMILES string of the molecule is CCc1cc(CCC2(C3CCCC3)CC(O)=C(Cc3nc4nc(C)cc(C)n4n3)C(=O)O2)ccc1OC(C)C. The zero-order valence-corrected chi connectivity index (χ0v) is 23.8. The van der Waals surface area contributed by atoms with E-state index in [9.17, 15) is 9.90 Å². The highest BCUT2D eigenvalue weighted by atomic mass is 16.6. The van der Waals surface area contributed by atoms with Gasteiger partial charge in [-0.25, -0.2) is 14.3 Å². The van der Waals surface area contributed by atoms with Crippen molar-refractivity contribution in [2.75, 3.05) is 0 Å². The second-order valence-electron chi connectivity index (χ2n) is 11.5. The Labute approximate surface area is 230 Å². The van der Waals surface area contributed by atoms with Crippen LogP contribution in [0.5, 0.6) is 5.75 Å². The third-order valence-corrected chi connectivity index (χ3v) is 8.16. The van der Waals surface area contributed by atoms with Gasteiger partial charge in [-0.15, -0.1) is 5.10 Å². The number of nitrogens with zero attached hydrogens (tertiary/aromatic N) is 4. The Hall–Kier alpha value is -3.42. The molecule has 5 rings (SSSR count). The van der Waals surface area contributed by atoms with Crippen LogP contribution in [0, 0.1) is 19.8 Å². The summed E-state index contributed by atoms with van der Waals surface area (Å²) in [6.07, 6.45) is 7.16. The number of carbonyl (C=O) groups is 1. The minimum Gasteiger partial charge on any atom is -0.512 e. The predicted octanol–water partition coefficient (Wildman–Crippen LogP) is 5.95. The highest BCUT2D eigenvalue weighted by Gasteiger charge is 2.48. The summed E-state index contributed by atoms with van der Waals surface area (Å²) < 4.78 is 14.0. The lowest BCUT2D eigenvalue weighted by Gasteiger charge is -2.41. The maximum atomic E-state index is 13.4. The third-order valence-electron chi connectivity index (χ3n) is 8.16. The van der Waals surface area contributed by atoms with E-state index in [1.807, 2.05) is 33.8 Å². The van der Waals surface area contributed by atoms with Crippen molar-refractivity contribution < 1.29 is 19.4 Å². The van der Waals surface area contributed by atoms with E-state index in [1.165, 1.54) is 11.1 Å². The molecular weight excluding hydrogens is 492 g/mol. The van der Waals surface area contributed by atoms with Crippen LogP contribution >= 0.6 is 0 Å². The topological polar surface area (TPSA) is 98.8 Å². The largest absolute Gasteiger partial charge is 0.512 e. The number of ether oxygens (including phenoxy) is 2. The highest BCUT2D eigenvalue weighted by Crippen LogP contribution is 2.46. The molecule has 3 aromatic rings. The molecule has 39 heavy (non-hydrogen) atoms. The van der Waals surface area contributed by atoms with Gasteiger partial charge in [-0.05, 0) is 89.0 Å². The Bertz CT molecular complexity index is 1400. The Morgan fingerprint density at radius 2 is 1.95 bits per heavy atom. The van der Waals surface area contributed by atoms with Gasteiger partial charge < -0.3 is 14.6 Å². The molecule has 1 aliphatic heterocycles. The molecule has 0 saturated heterocycles. The van der Waals surface area contributed by atoms with E-state index in [0.717, 1.165) is 55.7 Å². The van der Waals surface area contributed by atoms with Crippen molar-refractivity contribution in [3.8, 4) is 5.75 Å². The number of carbonyl (C=O) groups excluding carboxylic acids is 1. The van der Waals surface area contributed by atoms with Crippen LogP contribution in [0.25, 0.3) is 5.78 Å². The van der Waals surface area contributed by atoms with E-state index in [1.54, 1.807) is 4.52 Å². The first-order valence-electron chi connectivity index (χ1n) is 14.3. The molecule has 8 heteroatoms. The van der Waals surface area contributed by atoms with Gasteiger partial charge in [0.05, 0.1) is 11.7 Å². The Kier molecular flexibility index (Phi) is 7.65. The van der Waals surface area contributed by atoms with Gasteiger partial charge in [0, 0.05) is 24.2 Å². The van der Waals surface area contributed by atoms with Crippen LogP contribution in [0.1, 0.15) is 87.6 Å². The minimum absolute atomic E-state index is 0.104. The second-order valence-corrected chi connectivity index (χ2v) is 11.5. The molecule has 8 nitrogen and oxygen atoms in total. The summed E-state index contributed by atoms with van der Waals surface area (Å²) in [5.41, 5.74) is 3.68. The number of benzene rings is 1. The van der Waals surface area contributed by atoms with Gasteiger partial charge in [-0.2, -0.15) is 4.98 Å². The number of aliphatic hydroxyl groups is 1. The molecule has 0 amide bonds. The van der Waals surface area contributed by atoms with Crippen molar-refractivity contribution in [3.63, 3.8) is 0 Å². The molecule has 1 N–H and O–H groups in total. The molecular formula is C31H40N4O4. The van der Waals surface area contributed by atoms with Crippen LogP contribution in [0.2, 0.25) is 0 Å². The number of cyclic esters (lactones) is 1. The number of rotatable bonds is 9. The number of hydrogen-bond donors (Lipinski definition) is 1. The molecule has 2 aromatic heterocycles. The number of aliphatic hydroxyl groups excluding tert-OH is 1. The van der Waals surface area contributed by atoms with Crippen LogP contribution in [0.3, 0.4) is 0 Å². The van der Waals surface area contributed by atoms with Crippen LogP contribution in [-0.4, -0.2) is 42.4 Å². The van der Waals surface area contributed by atoms with Crippen molar-refractivity contribution in [1.82, 2.24) is 19.6 Å². The number of hydrogen-bond acceptors (Lipinski definition) is 7. The van der Waals surface area contributed by atoms with Crippen molar-refractivity contribution >= 4 is 11.7 Å². The van der Waals surface area contributed by atoms with Crippen molar-refractivity contribution in [3.05, 3.63) is 63.9 Å². The zero-order chi connectivity index (χ0) is 27.7. The molecule has 3 heterocycles. The number of fused-ring (bicyclic) bond motifs is 1. The Morgan fingerprint density at radius 1 is 1.18 bits per heavy atom. The zero-order valence-electron chi connectivity index (χ0n) is 23.8. The molecule has 1 saturated carbocycles. The van der Waals surface area contributed by atoms with Crippen molar-refractivity contribution in [2.45, 2.75) is 104 Å². The minimum atomic E-state index is -0.706. The van der Waals surface area contributed by atoms with E-state index >= 15 is 0 Å². The number of aryl methyl sites for hydroxylation is 4. The molecule has 1 fully saturated rings. The average molecular weight is 533 g/mol. The Morgan fingerprint density at radius 3 is 2.64 bits per heavy atom. The monoisotopic (exact) mass is 532 g/mol. The average Bonchev–Trinajstić information content (AvgIpc) is 3.56. The van der Waals surface area contributed by atoms with Crippen LogP contribution in [0.15, 0.2) is 35.6 Å². The molecule has 1 aromatic carbocycles. The van der Waals surface area contributed by atoms with E-state index in [4.69, 9.17) is 9.47 Å². The lowest BCUT2D eigenvalue weighted by molar-refractivity contribution is -0.167. The lowest BCUT2D eigenvalue weighted by Crippen LogP contribution is -2.46. The summed E-state index contributed by atoms with van der Waals surface area (Å²) in [6.45, 7) is 10.1. The van der Waals surface area contributed by atoms with Crippen LogP contribution in [0.4, 0.5) is 0 Å². The molecule has 0 spiro atoms. The van der Waals surface area contributed by atoms with Gasteiger partial charge in [-0.3, -0.25) is 0 Å². The highest BCUT2D eigenvalue weighted by molar-refractivity contribution is 5.90. The molecule has 208 valence electrons. The molecule has 0 radical (unpaired) electrons. The first kappa shape index (κ1) is 27.2. The van der Waals surface area contributed by atoms with Crippen LogP contribution < -0.4 is 4.74 Å². The standard InChI is InChI=1S/C31H40N4O4/c1-6-23-16-22(11-12-27(23)38-19(2)3)13-14-31(24-9-7-8-10-24)18-26(36)25(29(37)39-31)17-28-33-30-32-20(4)15-21(5)35(30)34-28/h11-12,15-16,19,24,36H,6-10,13-14,17-18H2,1-5H3. The summed E-state index contributed by atoms with van der Waals surface area (Å²) in [6, 6.07) is 8.30.